The Kier molecular flexibility index (Phi) is 8.33. The lowest BCUT2D eigenvalue weighted by Crippen LogP contribution is -2.39. The number of aliphatic imine (C=N–C) groups is 1. The predicted octanol–water partition coefficient (Wildman–Crippen LogP) is 5.18. The van der Waals surface area contributed by atoms with Crippen molar-refractivity contribution >= 4 is 62.6 Å². The van der Waals surface area contributed by atoms with E-state index in [2.05, 4.69) is 30.9 Å². The van der Waals surface area contributed by atoms with Crippen LogP contribution in [-0.4, -0.2) is 47.9 Å². The van der Waals surface area contributed by atoms with Crippen molar-refractivity contribution in [3.05, 3.63) is 71.1 Å². The Balaban J connectivity index is 1.13. The van der Waals surface area contributed by atoms with Gasteiger partial charge in [0.25, 0.3) is 0 Å². The number of amides is 1. The minimum absolute atomic E-state index is 0.0795. The number of fused-ring (bicyclic) bond motifs is 6. The highest BCUT2D eigenvalue weighted by atomic mass is 35.5. The van der Waals surface area contributed by atoms with E-state index in [0.29, 0.717) is 49.1 Å². The Morgan fingerprint density at radius 2 is 1.93 bits per heavy atom. The van der Waals surface area contributed by atoms with Gasteiger partial charge in [-0.25, -0.2) is 13.4 Å². The molecule has 1 unspecified atom stereocenters. The number of aromatic nitrogens is 2. The smallest absolute Gasteiger partial charge is 0.245 e. The summed E-state index contributed by atoms with van der Waals surface area (Å²) in [6.45, 7) is 0.698. The van der Waals surface area contributed by atoms with Gasteiger partial charge in [-0.15, -0.1) is 0 Å². The number of rotatable bonds is 5. The zero-order valence-corrected chi connectivity index (χ0v) is 25.0. The highest BCUT2D eigenvalue weighted by Crippen LogP contribution is 2.32. The van der Waals surface area contributed by atoms with Gasteiger partial charge in [0.2, 0.25) is 21.9 Å². The first-order valence-corrected chi connectivity index (χ1v) is 16.1. The molecule has 2 aromatic carbocycles. The Morgan fingerprint density at radius 3 is 2.74 bits per heavy atom. The van der Waals surface area contributed by atoms with E-state index in [1.165, 1.54) is 10.4 Å². The van der Waals surface area contributed by atoms with Crippen LogP contribution in [0.1, 0.15) is 37.7 Å². The van der Waals surface area contributed by atoms with Crippen molar-refractivity contribution in [2.45, 2.75) is 43.4 Å². The fourth-order valence-corrected chi connectivity index (χ4v) is 7.44. The van der Waals surface area contributed by atoms with Crippen molar-refractivity contribution < 1.29 is 13.2 Å². The molecule has 13 heteroatoms. The van der Waals surface area contributed by atoms with Crippen LogP contribution in [0.3, 0.4) is 0 Å². The normalized spacial score (nSPS) is 19.1. The summed E-state index contributed by atoms with van der Waals surface area (Å²) in [4.78, 5) is 26.6. The quantitative estimate of drug-likeness (QED) is 0.285. The molecule has 0 aliphatic carbocycles. The van der Waals surface area contributed by atoms with Gasteiger partial charge in [-0.05, 0) is 73.9 Å². The number of anilines is 5. The molecule has 1 aromatic heterocycles. The van der Waals surface area contributed by atoms with Gasteiger partial charge in [-0.2, -0.15) is 9.29 Å². The van der Waals surface area contributed by atoms with E-state index < -0.39 is 10.0 Å². The second-order valence-electron chi connectivity index (χ2n) is 11.1. The number of hydrogen-bond donors (Lipinski definition) is 4. The van der Waals surface area contributed by atoms with Gasteiger partial charge in [-0.1, -0.05) is 23.7 Å². The zero-order valence-electron chi connectivity index (χ0n) is 23.5. The molecule has 5 N–H and O–H groups in total. The first kappa shape index (κ1) is 29.1. The summed E-state index contributed by atoms with van der Waals surface area (Å²) in [5.41, 5.74) is 9.63. The molecule has 0 saturated carbocycles. The number of aryl methyl sites for hydroxylation is 1. The summed E-state index contributed by atoms with van der Waals surface area (Å²) >= 11 is 6.38. The summed E-state index contributed by atoms with van der Waals surface area (Å²) in [6.07, 6.45) is 9.14. The number of halogens is 1. The number of sulfonamides is 1. The molecule has 1 fully saturated rings. The fraction of sp³-hybridized carbons (Fsp3) is 0.333. The molecule has 3 aliphatic heterocycles. The summed E-state index contributed by atoms with van der Waals surface area (Å²) in [7, 11) is -3.68. The lowest BCUT2D eigenvalue weighted by Gasteiger charge is -2.31. The van der Waals surface area contributed by atoms with Crippen LogP contribution in [0.4, 0.5) is 28.8 Å². The highest BCUT2D eigenvalue weighted by molar-refractivity contribution is 7.89. The van der Waals surface area contributed by atoms with Gasteiger partial charge in [0.05, 0.1) is 11.9 Å². The van der Waals surface area contributed by atoms with E-state index in [-0.39, 0.29) is 28.3 Å². The molecule has 1 atom stereocenters. The van der Waals surface area contributed by atoms with Crippen LogP contribution in [0.2, 0.25) is 5.02 Å². The average molecular weight is 621 g/mol. The molecule has 3 aromatic rings. The summed E-state index contributed by atoms with van der Waals surface area (Å²) < 4.78 is 27.7. The van der Waals surface area contributed by atoms with Gasteiger partial charge >= 0.3 is 0 Å². The van der Waals surface area contributed by atoms with Crippen molar-refractivity contribution in [3.8, 4) is 0 Å². The van der Waals surface area contributed by atoms with E-state index in [4.69, 9.17) is 17.3 Å². The van der Waals surface area contributed by atoms with Crippen molar-refractivity contribution in [3.63, 3.8) is 0 Å². The molecule has 1 amide bonds. The summed E-state index contributed by atoms with van der Waals surface area (Å²) in [5, 5.41) is 10.0. The van der Waals surface area contributed by atoms with Crippen LogP contribution in [-0.2, 0) is 21.2 Å². The van der Waals surface area contributed by atoms with Crippen molar-refractivity contribution in [2.24, 2.45) is 16.8 Å². The van der Waals surface area contributed by atoms with Crippen LogP contribution in [0.5, 0.6) is 0 Å². The average Bonchev–Trinajstić information content (AvgIpc) is 2.99. The fourth-order valence-electron chi connectivity index (χ4n) is 5.71. The monoisotopic (exact) mass is 620 g/mol. The van der Waals surface area contributed by atoms with E-state index in [1.807, 2.05) is 24.4 Å². The number of piperidine rings is 1. The molecule has 6 bridgehead atoms. The van der Waals surface area contributed by atoms with Crippen LogP contribution >= 0.6 is 11.6 Å². The van der Waals surface area contributed by atoms with Crippen LogP contribution in [0, 0.1) is 11.8 Å². The minimum Gasteiger partial charge on any atom is -0.398 e. The molecule has 0 radical (unpaired) electrons. The number of hydrogen-bond acceptors (Lipinski definition) is 9. The third-order valence-electron chi connectivity index (χ3n) is 8.04. The van der Waals surface area contributed by atoms with E-state index in [0.717, 1.165) is 41.9 Å². The van der Waals surface area contributed by atoms with Crippen LogP contribution in [0.15, 0.2) is 70.4 Å². The molecule has 11 nitrogen and oxygen atoms in total. The highest BCUT2D eigenvalue weighted by Gasteiger charge is 2.31. The first-order valence-electron chi connectivity index (χ1n) is 14.3. The standard InChI is InChI=1S/C30H33ClN8O3S/c31-24-18-34-30-36-23-13-20(16-33-17-23)5-6-21-15-22(35-29(24)38-30)7-8-26(21)37-28(40)14-19-9-11-39(12-10-19)43(41,42)27-4-2-1-3-25(27)32/h1-4,7-8,15-20H,5-6,9-14,32H2,(H,37,40)(H2,34,35,36,38). The van der Waals surface area contributed by atoms with Gasteiger partial charge in [-0.3, -0.25) is 9.79 Å². The number of nitrogens with two attached hydrogens (primary N) is 1. The van der Waals surface area contributed by atoms with Gasteiger partial charge in [0.1, 0.15) is 9.92 Å². The van der Waals surface area contributed by atoms with Crippen LogP contribution < -0.4 is 21.7 Å². The third-order valence-corrected chi connectivity index (χ3v) is 10.3. The molecule has 6 rings (SSSR count). The summed E-state index contributed by atoms with van der Waals surface area (Å²) in [5.74, 6) is 1.11. The number of nitrogens with zero attached hydrogens (tertiary/aromatic N) is 4. The van der Waals surface area contributed by atoms with Crippen LogP contribution in [0.25, 0.3) is 0 Å². The van der Waals surface area contributed by atoms with Gasteiger partial charge in [0.15, 0.2) is 5.82 Å². The molecule has 3 aliphatic rings. The maximum absolute atomic E-state index is 13.2. The second-order valence-corrected chi connectivity index (χ2v) is 13.4. The van der Waals surface area contributed by atoms with Crippen molar-refractivity contribution in [2.75, 3.05) is 34.8 Å². The van der Waals surface area contributed by atoms with E-state index in [9.17, 15) is 13.2 Å². The lowest BCUT2D eigenvalue weighted by molar-refractivity contribution is -0.117. The third kappa shape index (κ3) is 6.66. The maximum atomic E-state index is 13.2. The molecule has 0 spiro atoms. The number of carbonyl (C=O) groups excluding carboxylic acids is 1. The lowest BCUT2D eigenvalue weighted by atomic mass is 9.93. The Morgan fingerprint density at radius 1 is 1.12 bits per heavy atom. The SMILES string of the molecule is Nc1ccccc1S(=O)(=O)N1CCC(CC(=O)Nc2ccc3cc2CCC2C=NC=C(C2)Nc2ncc(Cl)c(n2)N3)CC1. The minimum atomic E-state index is -3.68. The first-order chi connectivity index (χ1) is 20.7. The van der Waals surface area contributed by atoms with Gasteiger partial charge in [0, 0.05) is 54.9 Å². The molecule has 1 saturated heterocycles. The van der Waals surface area contributed by atoms with Crippen molar-refractivity contribution in [1.82, 2.24) is 14.3 Å². The Bertz CT molecular complexity index is 1700. The molecule has 4 heterocycles. The zero-order chi connectivity index (χ0) is 30.0. The second kappa shape index (κ2) is 12.3. The Hall–Kier alpha value is -4.00. The molecule has 224 valence electrons. The predicted molar refractivity (Wildman–Crippen MR) is 169 cm³/mol. The van der Waals surface area contributed by atoms with E-state index >= 15 is 0 Å². The van der Waals surface area contributed by atoms with E-state index in [1.54, 1.807) is 30.6 Å². The molecular weight excluding hydrogens is 588 g/mol. The number of nitrogens with one attached hydrogen (secondary N) is 3. The number of benzene rings is 2. The number of allylic oxidation sites excluding steroid dienone is 1. The topological polar surface area (TPSA) is 155 Å². The number of para-hydroxylation sites is 1. The largest absolute Gasteiger partial charge is 0.398 e. The maximum Gasteiger partial charge on any atom is 0.245 e. The number of nitrogen functional groups attached to an aromatic ring is 1. The Labute approximate surface area is 255 Å². The molecular formula is C30H33ClN8O3S. The molecule has 43 heavy (non-hydrogen) atoms. The number of carbonyl (C=O) groups is 1. The van der Waals surface area contributed by atoms with Crippen molar-refractivity contribution in [1.29, 1.82) is 0 Å². The summed E-state index contributed by atoms with van der Waals surface area (Å²) in [6, 6.07) is 12.3. The van der Waals surface area contributed by atoms with Gasteiger partial charge < -0.3 is 21.7 Å².